The number of ether oxygens (including phenoxy) is 3. The van der Waals surface area contributed by atoms with Crippen LogP contribution in [0.2, 0.25) is 0 Å². The van der Waals surface area contributed by atoms with Crippen LogP contribution in [-0.4, -0.2) is 40.4 Å². The lowest BCUT2D eigenvalue weighted by Crippen LogP contribution is -2.33. The molecule has 0 aliphatic heterocycles. The van der Waals surface area contributed by atoms with Gasteiger partial charge in [0.15, 0.2) is 17.5 Å². The zero-order chi connectivity index (χ0) is 19.4. The van der Waals surface area contributed by atoms with Gasteiger partial charge in [0.1, 0.15) is 0 Å². The highest BCUT2D eigenvalue weighted by molar-refractivity contribution is 14.0. The standard InChI is InChI=1S/C20H24BrN3O3.HI/c1-22-20(24-16-11-15(16)12-5-7-13(21)8-6-12)23-14-9-17(25-2)19(27-4)18(10-14)26-3;/h5-10,15-16H,11H2,1-4H3,(H2,22,23,24);1H. The number of rotatable bonds is 6. The Morgan fingerprint density at radius 3 is 2.14 bits per heavy atom. The van der Waals surface area contributed by atoms with E-state index < -0.39 is 0 Å². The molecule has 1 aliphatic carbocycles. The van der Waals surface area contributed by atoms with Gasteiger partial charge < -0.3 is 24.8 Å². The molecular weight excluding hydrogens is 537 g/mol. The molecule has 0 amide bonds. The van der Waals surface area contributed by atoms with Crippen molar-refractivity contribution < 1.29 is 14.2 Å². The van der Waals surface area contributed by atoms with Crippen molar-refractivity contribution in [1.82, 2.24) is 5.32 Å². The first-order chi connectivity index (χ1) is 13.1. The van der Waals surface area contributed by atoms with Crippen LogP contribution in [-0.2, 0) is 0 Å². The van der Waals surface area contributed by atoms with E-state index in [1.165, 1.54) is 5.56 Å². The van der Waals surface area contributed by atoms with Gasteiger partial charge in [-0.05, 0) is 24.1 Å². The summed E-state index contributed by atoms with van der Waals surface area (Å²) in [4.78, 5) is 4.33. The Hall–Kier alpha value is -1.68. The molecule has 1 saturated carbocycles. The van der Waals surface area contributed by atoms with Crippen LogP contribution < -0.4 is 24.8 Å². The Balaban J connectivity index is 0.00000280. The quantitative estimate of drug-likeness (QED) is 0.306. The first-order valence-electron chi connectivity index (χ1n) is 8.65. The minimum absolute atomic E-state index is 0. The van der Waals surface area contributed by atoms with Crippen LogP contribution in [0.5, 0.6) is 17.2 Å². The van der Waals surface area contributed by atoms with Gasteiger partial charge >= 0.3 is 0 Å². The van der Waals surface area contributed by atoms with Crippen LogP contribution in [0.25, 0.3) is 0 Å². The number of nitrogens with zero attached hydrogens (tertiary/aromatic N) is 1. The summed E-state index contributed by atoms with van der Waals surface area (Å²) in [7, 11) is 6.54. The molecule has 3 rings (SSSR count). The van der Waals surface area contributed by atoms with E-state index in [2.05, 4.69) is 55.8 Å². The molecule has 152 valence electrons. The molecule has 0 radical (unpaired) electrons. The molecule has 0 saturated heterocycles. The molecule has 2 aromatic carbocycles. The summed E-state index contributed by atoms with van der Waals surface area (Å²) in [5.74, 6) is 2.94. The van der Waals surface area contributed by atoms with Crippen molar-refractivity contribution in [3.63, 3.8) is 0 Å². The van der Waals surface area contributed by atoms with Crippen molar-refractivity contribution in [2.75, 3.05) is 33.7 Å². The van der Waals surface area contributed by atoms with E-state index in [0.29, 0.717) is 35.2 Å². The maximum atomic E-state index is 5.40. The lowest BCUT2D eigenvalue weighted by atomic mass is 10.1. The Bertz CT molecular complexity index is 805. The summed E-state index contributed by atoms with van der Waals surface area (Å²) in [6, 6.07) is 12.5. The Morgan fingerprint density at radius 2 is 1.64 bits per heavy atom. The molecular formula is C20H25BrIN3O3. The second kappa shape index (κ2) is 10.2. The Kier molecular flexibility index (Phi) is 8.23. The van der Waals surface area contributed by atoms with Gasteiger partial charge in [0.05, 0.1) is 21.3 Å². The maximum absolute atomic E-state index is 5.40. The summed E-state index contributed by atoms with van der Waals surface area (Å²) >= 11 is 3.48. The van der Waals surface area contributed by atoms with Crippen molar-refractivity contribution >= 4 is 51.6 Å². The summed E-state index contributed by atoms with van der Waals surface area (Å²) in [5, 5.41) is 6.77. The predicted octanol–water partition coefficient (Wildman–Crippen LogP) is 4.64. The maximum Gasteiger partial charge on any atom is 0.203 e. The van der Waals surface area contributed by atoms with Crippen LogP contribution in [0, 0.1) is 0 Å². The van der Waals surface area contributed by atoms with E-state index in [9.17, 15) is 0 Å². The van der Waals surface area contributed by atoms with Crippen LogP contribution in [0.15, 0.2) is 45.9 Å². The fraction of sp³-hybridized carbons (Fsp3) is 0.350. The van der Waals surface area contributed by atoms with Gasteiger partial charge in [0.2, 0.25) is 5.75 Å². The lowest BCUT2D eigenvalue weighted by Gasteiger charge is -2.16. The van der Waals surface area contributed by atoms with Gasteiger partial charge in [0, 0.05) is 41.3 Å². The Morgan fingerprint density at radius 1 is 1.04 bits per heavy atom. The third-order valence-electron chi connectivity index (χ3n) is 4.56. The van der Waals surface area contributed by atoms with Crippen molar-refractivity contribution in [3.8, 4) is 17.2 Å². The van der Waals surface area contributed by atoms with E-state index in [1.54, 1.807) is 28.4 Å². The normalized spacial score (nSPS) is 18.0. The summed E-state index contributed by atoms with van der Waals surface area (Å²) in [6.07, 6.45) is 1.08. The summed E-state index contributed by atoms with van der Waals surface area (Å²) in [6.45, 7) is 0. The number of aliphatic imine (C=N–C) groups is 1. The van der Waals surface area contributed by atoms with Crippen molar-refractivity contribution in [2.45, 2.75) is 18.4 Å². The fourth-order valence-electron chi connectivity index (χ4n) is 3.06. The van der Waals surface area contributed by atoms with Crippen molar-refractivity contribution in [2.24, 2.45) is 4.99 Å². The van der Waals surface area contributed by atoms with Gasteiger partial charge in [-0.15, -0.1) is 24.0 Å². The summed E-state index contributed by atoms with van der Waals surface area (Å²) < 4.78 is 17.3. The van der Waals surface area contributed by atoms with E-state index in [-0.39, 0.29) is 24.0 Å². The molecule has 0 bridgehead atoms. The van der Waals surface area contributed by atoms with Gasteiger partial charge in [-0.2, -0.15) is 0 Å². The monoisotopic (exact) mass is 561 g/mol. The van der Waals surface area contributed by atoms with Crippen LogP contribution in [0.3, 0.4) is 0 Å². The first kappa shape index (κ1) is 22.6. The average Bonchev–Trinajstić information content (AvgIpc) is 3.46. The van der Waals surface area contributed by atoms with E-state index in [1.807, 2.05) is 12.1 Å². The minimum Gasteiger partial charge on any atom is -0.493 e. The number of hydrogen-bond acceptors (Lipinski definition) is 4. The number of benzene rings is 2. The third-order valence-corrected chi connectivity index (χ3v) is 5.09. The fourth-order valence-corrected chi connectivity index (χ4v) is 3.32. The van der Waals surface area contributed by atoms with Crippen molar-refractivity contribution in [3.05, 3.63) is 46.4 Å². The average molecular weight is 562 g/mol. The number of methoxy groups -OCH3 is 3. The largest absolute Gasteiger partial charge is 0.493 e. The molecule has 0 spiro atoms. The van der Waals surface area contributed by atoms with Gasteiger partial charge in [-0.1, -0.05) is 28.1 Å². The summed E-state index contributed by atoms with van der Waals surface area (Å²) in [5.41, 5.74) is 2.14. The molecule has 2 atom stereocenters. The second-order valence-corrected chi connectivity index (χ2v) is 7.17. The zero-order valence-electron chi connectivity index (χ0n) is 16.3. The molecule has 8 heteroatoms. The van der Waals surface area contributed by atoms with Crippen molar-refractivity contribution in [1.29, 1.82) is 0 Å². The first-order valence-corrected chi connectivity index (χ1v) is 9.44. The van der Waals surface area contributed by atoms with E-state index >= 15 is 0 Å². The highest BCUT2D eigenvalue weighted by atomic mass is 127. The smallest absolute Gasteiger partial charge is 0.203 e. The molecule has 2 N–H and O–H groups in total. The van der Waals surface area contributed by atoms with E-state index in [4.69, 9.17) is 14.2 Å². The van der Waals surface area contributed by atoms with Crippen LogP contribution in [0.4, 0.5) is 5.69 Å². The number of anilines is 1. The third kappa shape index (κ3) is 5.22. The van der Waals surface area contributed by atoms with Gasteiger partial charge in [-0.25, -0.2) is 0 Å². The lowest BCUT2D eigenvalue weighted by molar-refractivity contribution is 0.324. The second-order valence-electron chi connectivity index (χ2n) is 6.26. The molecule has 1 fully saturated rings. The Labute approximate surface area is 191 Å². The molecule has 0 aromatic heterocycles. The molecule has 28 heavy (non-hydrogen) atoms. The van der Waals surface area contributed by atoms with E-state index in [0.717, 1.165) is 16.6 Å². The van der Waals surface area contributed by atoms with Crippen LogP contribution in [0.1, 0.15) is 17.9 Å². The van der Waals surface area contributed by atoms with Crippen LogP contribution >= 0.6 is 39.9 Å². The number of hydrogen-bond donors (Lipinski definition) is 2. The molecule has 1 aliphatic rings. The highest BCUT2D eigenvalue weighted by Gasteiger charge is 2.39. The predicted molar refractivity (Wildman–Crippen MR) is 127 cm³/mol. The minimum atomic E-state index is 0. The number of nitrogens with one attached hydrogen (secondary N) is 2. The molecule has 0 heterocycles. The number of halogens is 2. The number of guanidine groups is 1. The topological polar surface area (TPSA) is 64.1 Å². The molecule has 6 nitrogen and oxygen atoms in total. The highest BCUT2D eigenvalue weighted by Crippen LogP contribution is 2.42. The molecule has 2 unspecified atom stereocenters. The van der Waals surface area contributed by atoms with Gasteiger partial charge in [-0.3, -0.25) is 4.99 Å². The molecule has 2 aromatic rings. The SMILES string of the molecule is CN=C(Nc1cc(OC)c(OC)c(OC)c1)NC1CC1c1ccc(Br)cc1.I. The van der Waals surface area contributed by atoms with Gasteiger partial charge in [0.25, 0.3) is 0 Å². The zero-order valence-corrected chi connectivity index (χ0v) is 20.2.